The number of aryl methyl sites for hydroxylation is 2. The number of nitrogens with one attached hydrogen (secondary N) is 1. The van der Waals surface area contributed by atoms with E-state index in [2.05, 4.69) is 0 Å². The van der Waals surface area contributed by atoms with Crippen LogP contribution in [0.25, 0.3) is 5.69 Å². The number of alkyl halides is 3. The lowest BCUT2D eigenvalue weighted by Gasteiger charge is -2.14. The smallest absolute Gasteiger partial charge is 0.294 e. The molecule has 0 saturated heterocycles. The number of aromatic amines is 1. The van der Waals surface area contributed by atoms with E-state index in [1.165, 1.54) is 13.0 Å². The number of hydrogen-bond acceptors (Lipinski definition) is 2. The minimum absolute atomic E-state index is 0.133. The highest BCUT2D eigenvalue weighted by Gasteiger charge is 2.43. The third-order valence-electron chi connectivity index (χ3n) is 4.35. The van der Waals surface area contributed by atoms with Crippen molar-refractivity contribution < 1.29 is 39.9 Å². The Bertz CT molecular complexity index is 1240. The molecule has 0 fully saturated rings. The van der Waals surface area contributed by atoms with Gasteiger partial charge in [0.1, 0.15) is 22.6 Å². The van der Waals surface area contributed by atoms with Crippen molar-refractivity contribution in [3.63, 3.8) is 0 Å². The first-order valence-corrected chi connectivity index (χ1v) is 8.32. The molecule has 0 spiro atoms. The Kier molecular flexibility index (Phi) is 5.28. The molecule has 0 atom stereocenters. The minimum Gasteiger partial charge on any atom is -0.294 e. The number of rotatable bonds is 3. The van der Waals surface area contributed by atoms with E-state index in [9.17, 15) is 44.7 Å². The van der Waals surface area contributed by atoms with Gasteiger partial charge in [-0.25, -0.2) is 26.6 Å². The quantitative estimate of drug-likeness (QED) is 0.357. The maximum Gasteiger partial charge on any atom is 0.422 e. The van der Waals surface area contributed by atoms with Gasteiger partial charge in [0.15, 0.2) is 23.3 Å². The lowest BCUT2D eigenvalue weighted by molar-refractivity contribution is -0.143. The molecule has 3 rings (SSSR count). The van der Waals surface area contributed by atoms with Crippen molar-refractivity contribution in [1.29, 1.82) is 0 Å². The third-order valence-corrected chi connectivity index (χ3v) is 4.35. The zero-order chi connectivity index (χ0) is 23.4. The number of carbonyl (C=O) groups is 1. The molecule has 164 valence electrons. The molecule has 31 heavy (non-hydrogen) atoms. The predicted molar refractivity (Wildman–Crippen MR) is 90.5 cm³/mol. The first-order valence-electron chi connectivity index (χ1n) is 8.32. The molecule has 0 amide bonds. The molecule has 4 nitrogen and oxygen atoms in total. The maximum absolute atomic E-state index is 14.3. The number of hydrogen-bond donors (Lipinski definition) is 1. The average molecular weight is 450 g/mol. The van der Waals surface area contributed by atoms with Gasteiger partial charge >= 0.3 is 6.18 Å². The molecule has 1 heterocycles. The van der Waals surface area contributed by atoms with Crippen LogP contribution >= 0.6 is 0 Å². The van der Waals surface area contributed by atoms with Crippen LogP contribution in [-0.4, -0.2) is 15.6 Å². The van der Waals surface area contributed by atoms with Crippen LogP contribution in [0.5, 0.6) is 0 Å². The van der Waals surface area contributed by atoms with E-state index in [4.69, 9.17) is 0 Å². The lowest BCUT2D eigenvalue weighted by Crippen LogP contribution is -2.25. The van der Waals surface area contributed by atoms with Crippen molar-refractivity contribution in [3.05, 3.63) is 85.6 Å². The molecule has 0 aliphatic rings. The highest BCUT2D eigenvalue weighted by molar-refractivity contribution is 6.09. The summed E-state index contributed by atoms with van der Waals surface area (Å²) >= 11 is 0. The summed E-state index contributed by atoms with van der Waals surface area (Å²) in [6.07, 6.45) is -5.76. The summed E-state index contributed by atoms with van der Waals surface area (Å²) < 4.78 is 108. The van der Waals surface area contributed by atoms with Gasteiger partial charge in [0.25, 0.3) is 5.56 Å². The van der Waals surface area contributed by atoms with E-state index in [-0.39, 0.29) is 15.9 Å². The second-order valence-corrected chi connectivity index (χ2v) is 6.58. The van der Waals surface area contributed by atoms with E-state index in [0.717, 1.165) is 19.1 Å². The second kappa shape index (κ2) is 7.36. The summed E-state index contributed by atoms with van der Waals surface area (Å²) in [6.45, 7) is 2.53. The fourth-order valence-corrected chi connectivity index (χ4v) is 3.05. The van der Waals surface area contributed by atoms with E-state index >= 15 is 0 Å². The summed E-state index contributed by atoms with van der Waals surface area (Å²) in [7, 11) is 0. The first kappa shape index (κ1) is 22.2. The first-order chi connectivity index (χ1) is 14.3. The van der Waals surface area contributed by atoms with Gasteiger partial charge in [0.05, 0.1) is 0 Å². The number of ketones is 1. The fraction of sp³-hybridized carbons (Fsp3) is 0.158. The highest BCUT2D eigenvalue weighted by Crippen LogP contribution is 2.37. The SMILES string of the molecule is Cc1cc(F)cc(C(=O)c2c(C)[nH]n(-c3c(F)c(F)c(C(F)(F)F)c(F)c3F)c2=O)c1. The maximum atomic E-state index is 14.3. The summed E-state index contributed by atoms with van der Waals surface area (Å²) in [4.78, 5) is 25.2. The standard InChI is InChI=1S/C19H10F8N2O2/c1-6-3-8(5-9(20)4-6)17(30)10-7(2)28-29(18(10)31)16-14(23)12(21)11(19(25,26)27)13(22)15(16)24/h3-5,28H,1-2H3. The average Bonchev–Trinajstić information content (AvgIpc) is 2.92. The molecule has 0 aliphatic heterocycles. The van der Waals surface area contributed by atoms with Crippen LogP contribution in [0, 0.1) is 42.9 Å². The topological polar surface area (TPSA) is 54.9 Å². The monoisotopic (exact) mass is 450 g/mol. The molecule has 0 aliphatic carbocycles. The Morgan fingerprint density at radius 2 is 1.45 bits per heavy atom. The molecule has 0 saturated carbocycles. The fourth-order valence-electron chi connectivity index (χ4n) is 3.05. The van der Waals surface area contributed by atoms with Crippen LogP contribution in [0.1, 0.15) is 32.7 Å². The number of H-pyrrole nitrogens is 1. The van der Waals surface area contributed by atoms with Gasteiger partial charge in [-0.1, -0.05) is 0 Å². The van der Waals surface area contributed by atoms with Gasteiger partial charge < -0.3 is 0 Å². The van der Waals surface area contributed by atoms with Gasteiger partial charge in [0, 0.05) is 11.3 Å². The van der Waals surface area contributed by atoms with Crippen molar-refractivity contribution in [2.45, 2.75) is 20.0 Å². The largest absolute Gasteiger partial charge is 0.422 e. The normalized spacial score (nSPS) is 11.8. The Labute approximate surface area is 167 Å². The summed E-state index contributed by atoms with van der Waals surface area (Å²) in [5, 5.41) is 2.00. The zero-order valence-electron chi connectivity index (χ0n) is 15.5. The van der Waals surface area contributed by atoms with Crippen molar-refractivity contribution >= 4 is 5.78 Å². The molecule has 12 heteroatoms. The van der Waals surface area contributed by atoms with Gasteiger partial charge in [-0.3, -0.25) is 14.7 Å². The van der Waals surface area contributed by atoms with Crippen LogP contribution in [0.3, 0.4) is 0 Å². The van der Waals surface area contributed by atoms with Crippen LogP contribution in [0.15, 0.2) is 23.0 Å². The van der Waals surface area contributed by atoms with Gasteiger partial charge in [-0.15, -0.1) is 0 Å². The molecule has 2 aromatic carbocycles. The van der Waals surface area contributed by atoms with E-state index in [1.54, 1.807) is 0 Å². The second-order valence-electron chi connectivity index (χ2n) is 6.58. The lowest BCUT2D eigenvalue weighted by atomic mass is 10.0. The Morgan fingerprint density at radius 1 is 0.903 bits per heavy atom. The zero-order valence-corrected chi connectivity index (χ0v) is 15.5. The molecule has 1 aromatic heterocycles. The van der Waals surface area contributed by atoms with Crippen LogP contribution in [0.4, 0.5) is 35.1 Å². The third kappa shape index (κ3) is 3.62. The van der Waals surface area contributed by atoms with Crippen molar-refractivity contribution in [3.8, 4) is 5.69 Å². The van der Waals surface area contributed by atoms with Gasteiger partial charge in [0.2, 0.25) is 5.78 Å². The number of aromatic nitrogens is 2. The van der Waals surface area contributed by atoms with Crippen LogP contribution < -0.4 is 5.56 Å². The van der Waals surface area contributed by atoms with E-state index < -0.39 is 63.4 Å². The molecular formula is C19H10F8N2O2. The van der Waals surface area contributed by atoms with Crippen LogP contribution in [-0.2, 0) is 6.18 Å². The minimum atomic E-state index is -5.76. The Hall–Kier alpha value is -3.44. The number of carbonyl (C=O) groups excluding carboxylic acids is 1. The molecule has 0 bridgehead atoms. The van der Waals surface area contributed by atoms with E-state index in [1.807, 2.05) is 5.10 Å². The molecular weight excluding hydrogens is 440 g/mol. The summed E-state index contributed by atoms with van der Waals surface area (Å²) in [6, 6.07) is 3.07. The number of benzene rings is 2. The van der Waals surface area contributed by atoms with Gasteiger partial charge in [-0.05, 0) is 37.6 Å². The highest BCUT2D eigenvalue weighted by atomic mass is 19.4. The van der Waals surface area contributed by atoms with E-state index in [0.29, 0.717) is 5.56 Å². The Morgan fingerprint density at radius 3 is 1.94 bits per heavy atom. The van der Waals surface area contributed by atoms with Crippen LogP contribution in [0.2, 0.25) is 0 Å². The molecule has 0 radical (unpaired) electrons. The van der Waals surface area contributed by atoms with Crippen molar-refractivity contribution in [2.24, 2.45) is 0 Å². The van der Waals surface area contributed by atoms with Crippen molar-refractivity contribution in [2.75, 3.05) is 0 Å². The molecule has 0 unspecified atom stereocenters. The van der Waals surface area contributed by atoms with Gasteiger partial charge in [-0.2, -0.15) is 13.2 Å². The molecule has 3 aromatic rings. The number of halogens is 8. The summed E-state index contributed by atoms with van der Waals surface area (Å²) in [5.74, 6) is -12.5. The predicted octanol–water partition coefficient (Wildman–Crippen LogP) is 4.73. The van der Waals surface area contributed by atoms with Crippen molar-refractivity contribution in [1.82, 2.24) is 9.78 Å². The summed E-state index contributed by atoms with van der Waals surface area (Å²) in [5.41, 5.74) is -7.24. The molecule has 1 N–H and O–H groups in total. The Balaban J connectivity index is 2.26. The number of nitrogens with zero attached hydrogens (tertiary/aromatic N) is 1.